The van der Waals surface area contributed by atoms with Gasteiger partial charge in [-0.3, -0.25) is 4.79 Å². The van der Waals surface area contributed by atoms with Crippen molar-refractivity contribution in [3.8, 4) is 0 Å². The van der Waals surface area contributed by atoms with Crippen LogP contribution >= 0.6 is 0 Å². The minimum Gasteiger partial charge on any atom is -0.368 e. The van der Waals surface area contributed by atoms with E-state index in [1.807, 2.05) is 4.90 Å². The van der Waals surface area contributed by atoms with Crippen molar-refractivity contribution in [3.05, 3.63) is 11.6 Å². The van der Waals surface area contributed by atoms with E-state index < -0.39 is 0 Å². The van der Waals surface area contributed by atoms with Gasteiger partial charge >= 0.3 is 0 Å². The van der Waals surface area contributed by atoms with Crippen LogP contribution in [-0.2, 0) is 22.6 Å². The zero-order valence-corrected chi connectivity index (χ0v) is 11.5. The SMILES string of the molecule is CC(C)c1nnc2n1CCN(C(=O)[C@@H]1CCCO1)C2. The van der Waals surface area contributed by atoms with E-state index >= 15 is 0 Å². The fourth-order valence-electron chi connectivity index (χ4n) is 2.77. The zero-order chi connectivity index (χ0) is 13.4. The molecule has 19 heavy (non-hydrogen) atoms. The van der Waals surface area contributed by atoms with Crippen LogP contribution in [0.3, 0.4) is 0 Å². The Morgan fingerprint density at radius 2 is 2.21 bits per heavy atom. The van der Waals surface area contributed by atoms with E-state index in [4.69, 9.17) is 4.74 Å². The summed E-state index contributed by atoms with van der Waals surface area (Å²) in [4.78, 5) is 14.1. The third-order valence-corrected chi connectivity index (χ3v) is 3.82. The van der Waals surface area contributed by atoms with E-state index in [1.54, 1.807) is 0 Å². The van der Waals surface area contributed by atoms with Crippen molar-refractivity contribution in [1.82, 2.24) is 19.7 Å². The molecule has 104 valence electrons. The molecule has 0 bridgehead atoms. The van der Waals surface area contributed by atoms with Crippen molar-refractivity contribution in [1.29, 1.82) is 0 Å². The lowest BCUT2D eigenvalue weighted by atomic mass is 10.2. The molecule has 0 aliphatic carbocycles. The number of aromatic nitrogens is 3. The first-order chi connectivity index (χ1) is 9.16. The maximum Gasteiger partial charge on any atom is 0.252 e. The molecule has 2 aliphatic heterocycles. The van der Waals surface area contributed by atoms with Gasteiger partial charge in [0.25, 0.3) is 5.91 Å². The van der Waals surface area contributed by atoms with Crippen LogP contribution in [0.15, 0.2) is 0 Å². The molecule has 2 aliphatic rings. The molecular weight excluding hydrogens is 244 g/mol. The smallest absolute Gasteiger partial charge is 0.252 e. The molecule has 0 N–H and O–H groups in total. The van der Waals surface area contributed by atoms with E-state index in [2.05, 4.69) is 28.6 Å². The molecule has 6 heteroatoms. The van der Waals surface area contributed by atoms with Gasteiger partial charge in [-0.15, -0.1) is 10.2 Å². The third kappa shape index (κ3) is 2.25. The van der Waals surface area contributed by atoms with Crippen molar-refractivity contribution in [3.63, 3.8) is 0 Å². The largest absolute Gasteiger partial charge is 0.368 e. The molecule has 1 fully saturated rings. The topological polar surface area (TPSA) is 60.2 Å². The predicted molar refractivity (Wildman–Crippen MR) is 68.5 cm³/mol. The number of hydrogen-bond acceptors (Lipinski definition) is 4. The van der Waals surface area contributed by atoms with E-state index in [0.717, 1.165) is 37.6 Å². The summed E-state index contributed by atoms with van der Waals surface area (Å²) in [6.45, 7) is 7.00. The van der Waals surface area contributed by atoms with E-state index in [1.165, 1.54) is 0 Å². The highest BCUT2D eigenvalue weighted by atomic mass is 16.5. The predicted octanol–water partition coefficient (Wildman–Crippen LogP) is 0.923. The second kappa shape index (κ2) is 4.92. The summed E-state index contributed by atoms with van der Waals surface area (Å²) < 4.78 is 7.61. The third-order valence-electron chi connectivity index (χ3n) is 3.82. The monoisotopic (exact) mass is 264 g/mol. The van der Waals surface area contributed by atoms with Gasteiger partial charge in [-0.1, -0.05) is 13.8 Å². The van der Waals surface area contributed by atoms with Crippen LogP contribution in [0.4, 0.5) is 0 Å². The highest BCUT2D eigenvalue weighted by Crippen LogP contribution is 2.21. The molecule has 0 saturated carbocycles. The molecular formula is C13H20N4O2. The number of rotatable bonds is 2. The lowest BCUT2D eigenvalue weighted by Gasteiger charge is -2.29. The fourth-order valence-corrected chi connectivity index (χ4v) is 2.77. The Morgan fingerprint density at radius 1 is 1.37 bits per heavy atom. The van der Waals surface area contributed by atoms with E-state index in [-0.39, 0.29) is 12.0 Å². The number of fused-ring (bicyclic) bond motifs is 1. The fraction of sp³-hybridized carbons (Fsp3) is 0.769. The van der Waals surface area contributed by atoms with Gasteiger partial charge in [0.2, 0.25) is 0 Å². The normalized spacial score (nSPS) is 22.9. The van der Waals surface area contributed by atoms with Crippen molar-refractivity contribution in [2.75, 3.05) is 13.2 Å². The van der Waals surface area contributed by atoms with Crippen LogP contribution < -0.4 is 0 Å². The summed E-state index contributed by atoms with van der Waals surface area (Å²) in [5.41, 5.74) is 0. The molecule has 1 aromatic rings. The van der Waals surface area contributed by atoms with Crippen LogP contribution in [0.2, 0.25) is 0 Å². The zero-order valence-electron chi connectivity index (χ0n) is 11.5. The van der Waals surface area contributed by atoms with Crippen molar-refractivity contribution in [2.45, 2.75) is 51.8 Å². The lowest BCUT2D eigenvalue weighted by Crippen LogP contribution is -2.43. The second-order valence-electron chi connectivity index (χ2n) is 5.54. The Hall–Kier alpha value is -1.43. The average molecular weight is 264 g/mol. The maximum atomic E-state index is 12.3. The maximum absolute atomic E-state index is 12.3. The molecule has 0 radical (unpaired) electrons. The minimum absolute atomic E-state index is 0.109. The molecule has 1 aromatic heterocycles. The van der Waals surface area contributed by atoms with Gasteiger partial charge in [0.05, 0.1) is 6.54 Å². The number of ether oxygens (including phenoxy) is 1. The molecule has 3 heterocycles. The van der Waals surface area contributed by atoms with Gasteiger partial charge < -0.3 is 14.2 Å². The summed E-state index contributed by atoms with van der Waals surface area (Å²) in [7, 11) is 0. The van der Waals surface area contributed by atoms with Crippen molar-refractivity contribution in [2.24, 2.45) is 0 Å². The first-order valence-electron chi connectivity index (χ1n) is 6.99. The van der Waals surface area contributed by atoms with Gasteiger partial charge in [-0.25, -0.2) is 0 Å². The number of nitrogens with zero attached hydrogens (tertiary/aromatic N) is 4. The standard InChI is InChI=1S/C13H20N4O2/c1-9(2)12-15-14-11-8-16(5-6-17(11)12)13(18)10-4-3-7-19-10/h9-10H,3-8H2,1-2H3/t10-/m0/s1. The molecule has 0 spiro atoms. The van der Waals surface area contributed by atoms with Crippen molar-refractivity contribution >= 4 is 5.91 Å². The van der Waals surface area contributed by atoms with Gasteiger partial charge in [-0.2, -0.15) is 0 Å². The Morgan fingerprint density at radius 3 is 2.89 bits per heavy atom. The quantitative estimate of drug-likeness (QED) is 0.797. The summed E-state index contributed by atoms with van der Waals surface area (Å²) in [6, 6.07) is 0. The summed E-state index contributed by atoms with van der Waals surface area (Å²) in [5, 5.41) is 8.45. The Bertz CT molecular complexity index is 477. The molecule has 3 rings (SSSR count). The molecule has 1 saturated heterocycles. The molecule has 6 nitrogen and oxygen atoms in total. The molecule has 0 unspecified atom stereocenters. The molecule has 1 amide bonds. The second-order valence-corrected chi connectivity index (χ2v) is 5.54. The Kier molecular flexibility index (Phi) is 3.26. The van der Waals surface area contributed by atoms with Gasteiger partial charge in [0, 0.05) is 25.6 Å². The Labute approximate surface area is 112 Å². The number of hydrogen-bond donors (Lipinski definition) is 0. The minimum atomic E-state index is -0.237. The van der Waals surface area contributed by atoms with Crippen LogP contribution in [-0.4, -0.2) is 44.8 Å². The average Bonchev–Trinajstić information content (AvgIpc) is 3.06. The number of carbonyl (C=O) groups excluding carboxylic acids is 1. The van der Waals surface area contributed by atoms with Crippen LogP contribution in [0, 0.1) is 0 Å². The highest BCUT2D eigenvalue weighted by molar-refractivity contribution is 5.81. The summed E-state index contributed by atoms with van der Waals surface area (Å²) >= 11 is 0. The van der Waals surface area contributed by atoms with E-state index in [9.17, 15) is 4.79 Å². The van der Waals surface area contributed by atoms with E-state index in [0.29, 0.717) is 19.1 Å². The highest BCUT2D eigenvalue weighted by Gasteiger charge is 2.31. The van der Waals surface area contributed by atoms with Crippen LogP contribution in [0.25, 0.3) is 0 Å². The van der Waals surface area contributed by atoms with Gasteiger partial charge in [0.1, 0.15) is 11.9 Å². The lowest BCUT2D eigenvalue weighted by molar-refractivity contribution is -0.142. The van der Waals surface area contributed by atoms with Crippen LogP contribution in [0.5, 0.6) is 0 Å². The summed E-state index contributed by atoms with van der Waals surface area (Å²) in [6.07, 6.45) is 1.59. The first-order valence-corrected chi connectivity index (χ1v) is 6.99. The molecule has 1 atom stereocenters. The molecule has 0 aromatic carbocycles. The first kappa shape index (κ1) is 12.6. The van der Waals surface area contributed by atoms with Gasteiger partial charge in [-0.05, 0) is 12.8 Å². The Balaban J connectivity index is 1.73. The van der Waals surface area contributed by atoms with Gasteiger partial charge in [0.15, 0.2) is 5.82 Å². The summed E-state index contributed by atoms with van der Waals surface area (Å²) in [5.74, 6) is 2.38. The van der Waals surface area contributed by atoms with Crippen LogP contribution in [0.1, 0.15) is 44.3 Å². The number of amides is 1. The van der Waals surface area contributed by atoms with Crippen molar-refractivity contribution < 1.29 is 9.53 Å². The number of carbonyl (C=O) groups is 1.